The topological polar surface area (TPSA) is 54.4 Å². The lowest BCUT2D eigenvalue weighted by Gasteiger charge is -2.72. The number of carbonyl (C=O) groups excluding carboxylic acids is 1. The number of carboxylic acids is 1. The Morgan fingerprint density at radius 2 is 1.62 bits per heavy atom. The first kappa shape index (κ1) is 24.6. The predicted octanol–water partition coefficient (Wildman–Crippen LogP) is 7.69. The van der Waals surface area contributed by atoms with Gasteiger partial charge in [-0.2, -0.15) is 0 Å². The Bertz CT molecular complexity index is 918. The highest BCUT2D eigenvalue weighted by Crippen LogP contribution is 2.77. The third-order valence-corrected chi connectivity index (χ3v) is 13.5. The highest BCUT2D eigenvalue weighted by atomic mass is 16.4. The average Bonchev–Trinajstić information content (AvgIpc) is 3.10. The molecule has 0 bridgehead atoms. The van der Waals surface area contributed by atoms with Gasteiger partial charge < -0.3 is 5.11 Å². The predicted molar refractivity (Wildman–Crippen MR) is 136 cm³/mol. The molecule has 5 fully saturated rings. The summed E-state index contributed by atoms with van der Waals surface area (Å²) in [6, 6.07) is 0. The quantitative estimate of drug-likeness (QED) is 0.432. The van der Waals surface area contributed by atoms with E-state index in [-0.39, 0.29) is 27.1 Å². The first-order chi connectivity index (χ1) is 15.7. The minimum absolute atomic E-state index is 0.0385. The lowest BCUT2D eigenvalue weighted by atomic mass is 9.32. The molecular weight excluding hydrogens is 420 g/mol. The van der Waals surface area contributed by atoms with Crippen LogP contribution < -0.4 is 0 Å². The van der Waals surface area contributed by atoms with Gasteiger partial charge in [0.2, 0.25) is 0 Å². The highest BCUT2D eigenvalue weighted by molar-refractivity contribution is 5.85. The van der Waals surface area contributed by atoms with E-state index in [9.17, 15) is 14.7 Å². The number of rotatable bonds is 3. The Labute approximate surface area is 207 Å². The summed E-state index contributed by atoms with van der Waals surface area (Å²) >= 11 is 0. The fraction of sp³-hybridized carbons (Fsp3) is 0.871. The van der Waals surface area contributed by atoms with E-state index in [4.69, 9.17) is 0 Å². The van der Waals surface area contributed by atoms with E-state index in [1.165, 1.54) is 37.7 Å². The van der Waals surface area contributed by atoms with Gasteiger partial charge in [0.15, 0.2) is 0 Å². The zero-order valence-electron chi connectivity index (χ0n) is 22.6. The van der Waals surface area contributed by atoms with Gasteiger partial charge in [-0.1, -0.05) is 46.8 Å². The molecule has 9 atom stereocenters. The first-order valence-electron chi connectivity index (χ1n) is 14.1. The molecule has 5 rings (SSSR count). The number of hydrogen-bond acceptors (Lipinski definition) is 2. The third-order valence-electron chi connectivity index (χ3n) is 13.5. The van der Waals surface area contributed by atoms with Crippen LogP contribution in [0.15, 0.2) is 12.2 Å². The molecule has 5 aliphatic rings. The maximum absolute atomic E-state index is 12.9. The summed E-state index contributed by atoms with van der Waals surface area (Å²) in [4.78, 5) is 25.0. The normalized spacial score (nSPS) is 51.6. The van der Waals surface area contributed by atoms with Crippen molar-refractivity contribution in [3.63, 3.8) is 0 Å². The first-order valence-corrected chi connectivity index (χ1v) is 14.1. The van der Waals surface area contributed by atoms with E-state index in [2.05, 4.69) is 48.1 Å². The van der Waals surface area contributed by atoms with Gasteiger partial charge in [-0.3, -0.25) is 9.59 Å². The van der Waals surface area contributed by atoms with Crippen LogP contribution in [-0.4, -0.2) is 16.9 Å². The summed E-state index contributed by atoms with van der Waals surface area (Å²) in [6.07, 6.45) is 11.4. The van der Waals surface area contributed by atoms with E-state index in [1.54, 1.807) is 0 Å². The minimum Gasteiger partial charge on any atom is -0.481 e. The van der Waals surface area contributed by atoms with Gasteiger partial charge in [0, 0.05) is 11.8 Å². The van der Waals surface area contributed by atoms with Crippen LogP contribution in [0.1, 0.15) is 112 Å². The maximum atomic E-state index is 12.9. The largest absolute Gasteiger partial charge is 0.481 e. The lowest BCUT2D eigenvalue weighted by molar-refractivity contribution is -0.234. The molecule has 4 unspecified atom stereocenters. The van der Waals surface area contributed by atoms with Gasteiger partial charge in [0.05, 0.1) is 6.42 Å². The van der Waals surface area contributed by atoms with Crippen LogP contribution in [0.4, 0.5) is 0 Å². The number of carboxylic acid groups (broad SMARTS) is 1. The zero-order valence-corrected chi connectivity index (χ0v) is 22.6. The summed E-state index contributed by atoms with van der Waals surface area (Å²) in [7, 11) is 0. The molecular formula is C31H48O3. The van der Waals surface area contributed by atoms with E-state index < -0.39 is 5.97 Å². The van der Waals surface area contributed by atoms with Crippen LogP contribution in [0.3, 0.4) is 0 Å². The second-order valence-electron chi connectivity index (χ2n) is 14.8. The minimum atomic E-state index is -0.613. The Hall–Kier alpha value is -1.12. The van der Waals surface area contributed by atoms with Crippen LogP contribution in [-0.2, 0) is 9.59 Å². The van der Waals surface area contributed by atoms with E-state index in [0.29, 0.717) is 41.8 Å². The molecule has 0 aliphatic heterocycles. The van der Waals surface area contributed by atoms with Crippen LogP contribution in [0, 0.1) is 56.7 Å². The molecule has 0 aromatic heterocycles. The summed E-state index contributed by atoms with van der Waals surface area (Å²) in [6.45, 7) is 18.8. The highest BCUT2D eigenvalue weighted by Gasteiger charge is 2.70. The van der Waals surface area contributed by atoms with Crippen molar-refractivity contribution >= 4 is 11.8 Å². The van der Waals surface area contributed by atoms with Crippen molar-refractivity contribution in [3.05, 3.63) is 12.2 Å². The summed E-state index contributed by atoms with van der Waals surface area (Å²) < 4.78 is 0. The van der Waals surface area contributed by atoms with Crippen LogP contribution >= 0.6 is 0 Å². The zero-order chi connectivity index (χ0) is 24.9. The number of allylic oxidation sites excluding steroid dienone is 1. The van der Waals surface area contributed by atoms with Crippen molar-refractivity contribution in [1.29, 1.82) is 0 Å². The van der Waals surface area contributed by atoms with Crippen LogP contribution in [0.5, 0.6) is 0 Å². The molecule has 34 heavy (non-hydrogen) atoms. The van der Waals surface area contributed by atoms with Gasteiger partial charge in [-0.25, -0.2) is 0 Å². The van der Waals surface area contributed by atoms with Crippen molar-refractivity contribution in [2.45, 2.75) is 112 Å². The summed E-state index contributed by atoms with van der Waals surface area (Å²) in [5.74, 6) is 2.54. The van der Waals surface area contributed by atoms with Crippen molar-refractivity contribution in [2.24, 2.45) is 56.7 Å². The number of ketones is 1. The van der Waals surface area contributed by atoms with E-state index in [0.717, 1.165) is 32.1 Å². The lowest BCUT2D eigenvalue weighted by Crippen LogP contribution is -2.66. The van der Waals surface area contributed by atoms with Gasteiger partial charge in [-0.05, 0) is 116 Å². The molecule has 0 saturated heterocycles. The van der Waals surface area contributed by atoms with Gasteiger partial charge in [-0.15, -0.1) is 0 Å². The van der Waals surface area contributed by atoms with Crippen molar-refractivity contribution in [2.75, 3.05) is 0 Å². The number of hydrogen-bond donors (Lipinski definition) is 1. The van der Waals surface area contributed by atoms with Gasteiger partial charge >= 0.3 is 5.97 Å². The van der Waals surface area contributed by atoms with Gasteiger partial charge in [0.1, 0.15) is 5.78 Å². The van der Waals surface area contributed by atoms with Crippen molar-refractivity contribution in [3.8, 4) is 0 Å². The van der Waals surface area contributed by atoms with E-state index >= 15 is 0 Å². The molecule has 0 aromatic carbocycles. The SMILES string of the molecule is C=C(C)[C@@H]1CC[C@]2(CC(=O)O)CC[C@]3(C)C(CCC4[C@@]5(C)CCC(=O)C(C)(C)C5CC[C@]43C)C12. The molecule has 0 spiro atoms. The monoisotopic (exact) mass is 468 g/mol. The Morgan fingerprint density at radius 3 is 2.26 bits per heavy atom. The maximum Gasteiger partial charge on any atom is 0.303 e. The summed E-state index contributed by atoms with van der Waals surface area (Å²) in [5.41, 5.74) is 1.76. The molecule has 3 nitrogen and oxygen atoms in total. The van der Waals surface area contributed by atoms with E-state index in [1.807, 2.05) is 0 Å². The fourth-order valence-electron chi connectivity index (χ4n) is 11.7. The second-order valence-corrected chi connectivity index (χ2v) is 14.8. The smallest absolute Gasteiger partial charge is 0.303 e. The molecule has 1 N–H and O–H groups in total. The van der Waals surface area contributed by atoms with Gasteiger partial charge in [0.25, 0.3) is 0 Å². The molecule has 0 amide bonds. The van der Waals surface area contributed by atoms with Crippen molar-refractivity contribution in [1.82, 2.24) is 0 Å². The molecule has 0 heterocycles. The molecule has 190 valence electrons. The average molecular weight is 469 g/mol. The number of aliphatic carboxylic acids is 1. The number of Topliss-reactive ketones (excluding diaryl/α,β-unsaturated/α-hetero) is 1. The Morgan fingerprint density at radius 1 is 0.912 bits per heavy atom. The van der Waals surface area contributed by atoms with Crippen LogP contribution in [0.25, 0.3) is 0 Å². The Balaban J connectivity index is 1.56. The molecule has 0 radical (unpaired) electrons. The molecule has 5 aliphatic carbocycles. The standard InChI is InChI=1S/C31H48O3/c1-19(2)20-10-15-31(18-25(33)34)17-16-29(6)21(26(20)31)8-9-23-28(5)13-12-24(32)27(3,4)22(28)11-14-30(23,29)7/h20-23,26H,1,8-18H2,2-7H3,(H,33,34)/t20-,21?,22?,23?,26?,28-,29+,30+,31+/m0/s1. The molecule has 0 aromatic rings. The summed E-state index contributed by atoms with van der Waals surface area (Å²) in [5, 5.41) is 9.91. The fourth-order valence-corrected chi connectivity index (χ4v) is 11.7. The van der Waals surface area contributed by atoms with Crippen LogP contribution in [0.2, 0.25) is 0 Å². The second kappa shape index (κ2) is 7.45. The van der Waals surface area contributed by atoms with Crippen molar-refractivity contribution < 1.29 is 14.7 Å². The molecule has 3 heteroatoms. The number of fused-ring (bicyclic) bond motifs is 7. The third kappa shape index (κ3) is 2.94. The Kier molecular flexibility index (Phi) is 5.38. The molecule has 5 saturated carbocycles. The number of carbonyl (C=O) groups is 2.